The van der Waals surface area contributed by atoms with Crippen LogP contribution in [0.4, 0.5) is 0 Å². The Hall–Kier alpha value is -0.360. The van der Waals surface area contributed by atoms with Crippen molar-refractivity contribution in [3.05, 3.63) is 34.9 Å². The average molecular weight is 333 g/mol. The normalized spacial score (nSPS) is 31.1. The molecular formula is C15H22Cl2N2O2. The number of hydrogen-bond donors (Lipinski definition) is 3. The molecule has 1 aromatic rings. The first-order valence-corrected chi connectivity index (χ1v) is 7.58. The number of nitrogens with one attached hydrogen (secondary N) is 1. The molecule has 0 aromatic heterocycles. The third-order valence-electron chi connectivity index (χ3n) is 4.57. The molecule has 3 N–H and O–H groups in total. The molecule has 1 aromatic carbocycles. The van der Waals surface area contributed by atoms with Crippen LogP contribution >= 0.6 is 24.0 Å². The van der Waals surface area contributed by atoms with E-state index in [1.165, 1.54) is 0 Å². The van der Waals surface area contributed by atoms with Crippen LogP contribution in [-0.2, 0) is 5.60 Å². The first-order valence-electron chi connectivity index (χ1n) is 7.21. The number of β-amino-alcohol motifs (C(OH)–C–C–N with tert-alkyl or cyclic N) is 1. The molecule has 2 unspecified atom stereocenters. The van der Waals surface area contributed by atoms with E-state index in [0.29, 0.717) is 11.6 Å². The number of benzene rings is 1. The first-order chi connectivity index (χ1) is 9.59. The van der Waals surface area contributed by atoms with E-state index in [-0.39, 0.29) is 24.6 Å². The molecule has 2 heterocycles. The number of nitrogens with zero attached hydrogens (tertiary/aromatic N) is 1. The second-order valence-corrected chi connectivity index (χ2v) is 6.28. The summed E-state index contributed by atoms with van der Waals surface area (Å²) >= 11 is 5.93. The molecule has 2 fully saturated rings. The largest absolute Gasteiger partial charge is 0.393 e. The Labute approximate surface area is 136 Å². The van der Waals surface area contributed by atoms with Gasteiger partial charge in [0.05, 0.1) is 12.1 Å². The van der Waals surface area contributed by atoms with Crippen molar-refractivity contribution in [1.82, 2.24) is 10.2 Å². The van der Waals surface area contributed by atoms with Crippen LogP contribution in [-0.4, -0.2) is 53.4 Å². The Bertz CT molecular complexity index is 463. The minimum atomic E-state index is -0.882. The highest BCUT2D eigenvalue weighted by atomic mass is 35.5. The summed E-state index contributed by atoms with van der Waals surface area (Å²) < 4.78 is 0. The Kier molecular flexibility index (Phi) is 5.52. The molecule has 0 saturated carbocycles. The standard InChI is InChI=1S/C15H21ClN2O2.ClH/c16-12-3-1-11(2-4-12)15(20)10-17-9-14(15)18-7-5-13(19)6-8-18;/h1-4,13-14,17,19-20H,5-10H2;1H. The predicted octanol–water partition coefficient (Wildman–Crippen LogP) is 1.38. The highest BCUT2D eigenvalue weighted by molar-refractivity contribution is 6.30. The predicted molar refractivity (Wildman–Crippen MR) is 86.1 cm³/mol. The fraction of sp³-hybridized carbons (Fsp3) is 0.600. The molecular weight excluding hydrogens is 311 g/mol. The maximum Gasteiger partial charge on any atom is 0.119 e. The van der Waals surface area contributed by atoms with Crippen LogP contribution in [0, 0.1) is 0 Å². The maximum atomic E-state index is 11.1. The van der Waals surface area contributed by atoms with Crippen molar-refractivity contribution >= 4 is 24.0 Å². The summed E-state index contributed by atoms with van der Waals surface area (Å²) in [6.07, 6.45) is 1.38. The summed E-state index contributed by atoms with van der Waals surface area (Å²) in [6.45, 7) is 3.00. The monoisotopic (exact) mass is 332 g/mol. The number of aliphatic hydroxyl groups is 2. The fourth-order valence-corrected chi connectivity index (χ4v) is 3.47. The topological polar surface area (TPSA) is 55.7 Å². The lowest BCUT2D eigenvalue weighted by atomic mass is 9.87. The number of hydrogen-bond acceptors (Lipinski definition) is 4. The average Bonchev–Trinajstić information content (AvgIpc) is 2.84. The quantitative estimate of drug-likeness (QED) is 0.765. The zero-order valence-electron chi connectivity index (χ0n) is 11.8. The zero-order chi connectivity index (χ0) is 14.2. The summed E-state index contributed by atoms with van der Waals surface area (Å²) in [7, 11) is 0. The van der Waals surface area contributed by atoms with Gasteiger partial charge in [-0.25, -0.2) is 0 Å². The van der Waals surface area contributed by atoms with Gasteiger partial charge in [-0.15, -0.1) is 12.4 Å². The molecule has 2 saturated heterocycles. The molecule has 0 amide bonds. The minimum Gasteiger partial charge on any atom is -0.393 e. The van der Waals surface area contributed by atoms with Crippen LogP contribution in [0.15, 0.2) is 24.3 Å². The van der Waals surface area contributed by atoms with Gasteiger partial charge in [-0.05, 0) is 30.5 Å². The maximum absolute atomic E-state index is 11.1. The number of aliphatic hydroxyl groups excluding tert-OH is 1. The Morgan fingerprint density at radius 3 is 2.43 bits per heavy atom. The van der Waals surface area contributed by atoms with Gasteiger partial charge in [-0.3, -0.25) is 4.90 Å². The molecule has 2 aliphatic heterocycles. The molecule has 0 spiro atoms. The Morgan fingerprint density at radius 2 is 1.81 bits per heavy atom. The number of halogens is 2. The fourth-order valence-electron chi connectivity index (χ4n) is 3.35. The van der Waals surface area contributed by atoms with Gasteiger partial charge in [0.25, 0.3) is 0 Å². The molecule has 118 valence electrons. The van der Waals surface area contributed by atoms with E-state index in [4.69, 9.17) is 11.6 Å². The molecule has 6 heteroatoms. The van der Waals surface area contributed by atoms with Gasteiger partial charge < -0.3 is 15.5 Å². The highest BCUT2D eigenvalue weighted by Gasteiger charge is 2.46. The van der Waals surface area contributed by atoms with Gasteiger partial charge in [-0.1, -0.05) is 23.7 Å². The molecule has 21 heavy (non-hydrogen) atoms. The molecule has 0 radical (unpaired) electrons. The van der Waals surface area contributed by atoms with E-state index >= 15 is 0 Å². The lowest BCUT2D eigenvalue weighted by Crippen LogP contribution is -2.53. The number of likely N-dealkylation sites (tertiary alicyclic amines) is 1. The van der Waals surface area contributed by atoms with Crippen LogP contribution in [0.5, 0.6) is 0 Å². The van der Waals surface area contributed by atoms with Crippen LogP contribution in [0.2, 0.25) is 5.02 Å². The molecule has 2 aliphatic rings. The van der Waals surface area contributed by atoms with Gasteiger partial charge in [0.1, 0.15) is 5.60 Å². The zero-order valence-corrected chi connectivity index (χ0v) is 13.4. The van der Waals surface area contributed by atoms with Crippen molar-refractivity contribution in [3.63, 3.8) is 0 Å². The van der Waals surface area contributed by atoms with Gasteiger partial charge in [0, 0.05) is 31.2 Å². The Balaban J connectivity index is 0.00000161. The lowest BCUT2D eigenvalue weighted by molar-refractivity contribution is -0.0386. The third-order valence-corrected chi connectivity index (χ3v) is 4.82. The molecule has 0 bridgehead atoms. The minimum absolute atomic E-state index is 0. The third kappa shape index (κ3) is 3.36. The van der Waals surface area contributed by atoms with Crippen molar-refractivity contribution < 1.29 is 10.2 Å². The molecule has 0 aliphatic carbocycles. The van der Waals surface area contributed by atoms with Gasteiger partial charge in [0.15, 0.2) is 0 Å². The number of piperidine rings is 1. The first kappa shape index (κ1) is 17.0. The van der Waals surface area contributed by atoms with E-state index in [0.717, 1.165) is 38.0 Å². The smallest absolute Gasteiger partial charge is 0.119 e. The van der Waals surface area contributed by atoms with Crippen molar-refractivity contribution in [2.24, 2.45) is 0 Å². The van der Waals surface area contributed by atoms with Crippen LogP contribution in [0.3, 0.4) is 0 Å². The van der Waals surface area contributed by atoms with Gasteiger partial charge in [0.2, 0.25) is 0 Å². The summed E-state index contributed by atoms with van der Waals surface area (Å²) in [4.78, 5) is 2.29. The van der Waals surface area contributed by atoms with Gasteiger partial charge in [-0.2, -0.15) is 0 Å². The molecule has 4 nitrogen and oxygen atoms in total. The molecule has 2 atom stereocenters. The Morgan fingerprint density at radius 1 is 1.19 bits per heavy atom. The number of rotatable bonds is 2. The summed E-state index contributed by atoms with van der Waals surface area (Å²) in [6, 6.07) is 7.51. The molecule has 3 rings (SSSR count). The summed E-state index contributed by atoms with van der Waals surface area (Å²) in [5, 5.41) is 24.7. The van der Waals surface area contributed by atoms with Crippen molar-refractivity contribution in [2.75, 3.05) is 26.2 Å². The van der Waals surface area contributed by atoms with Crippen molar-refractivity contribution in [2.45, 2.75) is 30.6 Å². The van der Waals surface area contributed by atoms with Crippen LogP contribution < -0.4 is 5.32 Å². The van der Waals surface area contributed by atoms with Crippen LogP contribution in [0.25, 0.3) is 0 Å². The van der Waals surface area contributed by atoms with Crippen molar-refractivity contribution in [1.29, 1.82) is 0 Å². The highest BCUT2D eigenvalue weighted by Crippen LogP contribution is 2.33. The second kappa shape index (κ2) is 6.82. The van der Waals surface area contributed by atoms with E-state index in [2.05, 4.69) is 10.2 Å². The van der Waals surface area contributed by atoms with E-state index < -0.39 is 5.60 Å². The SMILES string of the molecule is Cl.OC1CCN(C2CNCC2(O)c2ccc(Cl)cc2)CC1. The van der Waals surface area contributed by atoms with E-state index in [1.54, 1.807) is 0 Å². The van der Waals surface area contributed by atoms with E-state index in [1.807, 2.05) is 24.3 Å². The van der Waals surface area contributed by atoms with Crippen molar-refractivity contribution in [3.8, 4) is 0 Å². The van der Waals surface area contributed by atoms with E-state index in [9.17, 15) is 10.2 Å². The second-order valence-electron chi connectivity index (χ2n) is 5.84. The summed E-state index contributed by atoms with van der Waals surface area (Å²) in [5.41, 5.74) is 0.0235. The van der Waals surface area contributed by atoms with Gasteiger partial charge >= 0.3 is 0 Å². The van der Waals surface area contributed by atoms with Crippen LogP contribution in [0.1, 0.15) is 18.4 Å². The summed E-state index contributed by atoms with van der Waals surface area (Å²) in [5.74, 6) is 0. The lowest BCUT2D eigenvalue weighted by Gasteiger charge is -2.41.